The van der Waals surface area contributed by atoms with Crippen LogP contribution in [0.3, 0.4) is 0 Å². The average Bonchev–Trinajstić information content (AvgIpc) is 3.19. The van der Waals surface area contributed by atoms with Gasteiger partial charge in [0.25, 0.3) is 0 Å². The van der Waals surface area contributed by atoms with E-state index in [1.165, 1.54) is 0 Å². The molecule has 1 aromatic heterocycles. The Kier molecular flexibility index (Phi) is 4.42. The highest BCUT2D eigenvalue weighted by Crippen LogP contribution is 2.45. The molecule has 0 aliphatic heterocycles. The van der Waals surface area contributed by atoms with Gasteiger partial charge in [0.05, 0.1) is 6.61 Å². The van der Waals surface area contributed by atoms with Gasteiger partial charge in [0.1, 0.15) is 17.5 Å². The van der Waals surface area contributed by atoms with Crippen molar-refractivity contribution in [3.05, 3.63) is 11.4 Å². The van der Waals surface area contributed by atoms with Crippen molar-refractivity contribution in [3.63, 3.8) is 0 Å². The number of aliphatic hydroxyl groups excluding tert-OH is 1. The molecule has 1 aliphatic carbocycles. The van der Waals surface area contributed by atoms with Gasteiger partial charge in [-0.2, -0.15) is 0 Å². The molecule has 0 amide bonds. The normalized spacial score (nSPS) is 16.7. The fourth-order valence-electron chi connectivity index (χ4n) is 2.20. The summed E-state index contributed by atoms with van der Waals surface area (Å²) in [5.41, 5.74) is 1.01. The molecular weight excluding hydrogens is 264 g/mol. The number of nitrogens with zero attached hydrogens (tertiary/aromatic N) is 2. The molecule has 21 heavy (non-hydrogen) atoms. The standard InChI is InChI=1S/C16H28N4O/c1-6-17-12-11(2)13(18-9-16(10-21)7-8-16)20-14(19-12)15(3,4)5/h21H,6-10H2,1-5H3,(H2,17,18,19,20). The molecule has 1 aliphatic rings. The van der Waals surface area contributed by atoms with E-state index in [4.69, 9.17) is 4.98 Å². The molecule has 0 bridgehead atoms. The molecule has 1 saturated carbocycles. The van der Waals surface area contributed by atoms with Crippen LogP contribution < -0.4 is 10.6 Å². The predicted molar refractivity (Wildman–Crippen MR) is 86.9 cm³/mol. The van der Waals surface area contributed by atoms with Gasteiger partial charge in [0.15, 0.2) is 0 Å². The quantitative estimate of drug-likeness (QED) is 0.752. The minimum absolute atomic E-state index is 0.0671. The highest BCUT2D eigenvalue weighted by Gasteiger charge is 2.41. The SMILES string of the molecule is CCNc1nc(C(C)(C)C)nc(NCC2(CO)CC2)c1C. The molecule has 1 heterocycles. The third-order valence-corrected chi connectivity index (χ3v) is 4.08. The summed E-state index contributed by atoms with van der Waals surface area (Å²) in [6.07, 6.45) is 2.18. The van der Waals surface area contributed by atoms with Crippen LogP contribution in [0.15, 0.2) is 0 Å². The van der Waals surface area contributed by atoms with Crippen molar-refractivity contribution in [3.8, 4) is 0 Å². The van der Waals surface area contributed by atoms with Crippen LogP contribution in [-0.2, 0) is 5.41 Å². The molecule has 0 aromatic carbocycles. The van der Waals surface area contributed by atoms with E-state index in [-0.39, 0.29) is 17.4 Å². The minimum Gasteiger partial charge on any atom is -0.396 e. The second kappa shape index (κ2) is 5.79. The monoisotopic (exact) mass is 292 g/mol. The average molecular weight is 292 g/mol. The van der Waals surface area contributed by atoms with Crippen molar-refractivity contribution in [2.24, 2.45) is 5.41 Å². The van der Waals surface area contributed by atoms with E-state index in [1.807, 2.05) is 6.92 Å². The predicted octanol–water partition coefficient (Wildman–Crippen LogP) is 2.70. The zero-order chi connectivity index (χ0) is 15.7. The third kappa shape index (κ3) is 3.64. The lowest BCUT2D eigenvalue weighted by atomic mass is 9.95. The van der Waals surface area contributed by atoms with Crippen molar-refractivity contribution in [1.29, 1.82) is 0 Å². The molecule has 0 spiro atoms. The maximum absolute atomic E-state index is 9.44. The Labute approximate surface area is 127 Å². The third-order valence-electron chi connectivity index (χ3n) is 4.08. The highest BCUT2D eigenvalue weighted by molar-refractivity contribution is 5.57. The molecular formula is C16H28N4O. The summed E-state index contributed by atoms with van der Waals surface area (Å²) in [6, 6.07) is 0. The Hall–Kier alpha value is -1.36. The fourth-order valence-corrected chi connectivity index (χ4v) is 2.20. The lowest BCUT2D eigenvalue weighted by Gasteiger charge is -2.22. The molecule has 3 N–H and O–H groups in total. The number of hydrogen-bond acceptors (Lipinski definition) is 5. The van der Waals surface area contributed by atoms with Gasteiger partial charge in [-0.3, -0.25) is 0 Å². The Morgan fingerprint density at radius 1 is 1.14 bits per heavy atom. The zero-order valence-corrected chi connectivity index (χ0v) is 13.9. The van der Waals surface area contributed by atoms with E-state index in [1.54, 1.807) is 0 Å². The second-order valence-corrected chi connectivity index (χ2v) is 7.16. The molecule has 0 atom stereocenters. The van der Waals surface area contributed by atoms with E-state index in [2.05, 4.69) is 43.3 Å². The van der Waals surface area contributed by atoms with E-state index in [9.17, 15) is 5.11 Å². The van der Waals surface area contributed by atoms with Gasteiger partial charge >= 0.3 is 0 Å². The van der Waals surface area contributed by atoms with Crippen molar-refractivity contribution in [1.82, 2.24) is 9.97 Å². The van der Waals surface area contributed by atoms with Crippen LogP contribution in [0, 0.1) is 12.3 Å². The second-order valence-electron chi connectivity index (χ2n) is 7.16. The lowest BCUT2D eigenvalue weighted by molar-refractivity contribution is 0.219. The Balaban J connectivity index is 2.27. The van der Waals surface area contributed by atoms with Crippen LogP contribution in [0.1, 0.15) is 51.9 Å². The van der Waals surface area contributed by atoms with Gasteiger partial charge in [-0.15, -0.1) is 0 Å². The number of aromatic nitrogens is 2. The van der Waals surface area contributed by atoms with Crippen molar-refractivity contribution in [2.75, 3.05) is 30.3 Å². The molecule has 0 saturated heterocycles. The van der Waals surface area contributed by atoms with Crippen molar-refractivity contribution < 1.29 is 5.11 Å². The van der Waals surface area contributed by atoms with E-state index in [0.29, 0.717) is 0 Å². The minimum atomic E-state index is -0.0947. The van der Waals surface area contributed by atoms with E-state index < -0.39 is 0 Å². The van der Waals surface area contributed by atoms with Crippen LogP contribution in [0.5, 0.6) is 0 Å². The number of aliphatic hydroxyl groups is 1. The summed E-state index contributed by atoms with van der Waals surface area (Å²) >= 11 is 0. The Morgan fingerprint density at radius 3 is 2.14 bits per heavy atom. The van der Waals surface area contributed by atoms with Crippen LogP contribution in [0.2, 0.25) is 0 Å². The molecule has 2 rings (SSSR count). The van der Waals surface area contributed by atoms with Gasteiger partial charge in [-0.25, -0.2) is 9.97 Å². The van der Waals surface area contributed by atoms with Gasteiger partial charge in [-0.05, 0) is 26.7 Å². The van der Waals surface area contributed by atoms with Crippen LogP contribution in [-0.4, -0.2) is 34.8 Å². The number of rotatable bonds is 6. The Bertz CT molecular complexity index is 504. The first-order valence-electron chi connectivity index (χ1n) is 7.79. The zero-order valence-electron chi connectivity index (χ0n) is 13.9. The molecule has 1 fully saturated rings. The summed E-state index contributed by atoms with van der Waals surface area (Å²) in [4.78, 5) is 9.37. The smallest absolute Gasteiger partial charge is 0.138 e. The maximum atomic E-state index is 9.44. The first-order valence-corrected chi connectivity index (χ1v) is 7.79. The fraction of sp³-hybridized carbons (Fsp3) is 0.750. The number of nitrogens with one attached hydrogen (secondary N) is 2. The summed E-state index contributed by atoms with van der Waals surface area (Å²) in [5, 5.41) is 16.2. The van der Waals surface area contributed by atoms with Crippen molar-refractivity contribution >= 4 is 11.6 Å². The van der Waals surface area contributed by atoms with Gasteiger partial charge < -0.3 is 15.7 Å². The number of hydrogen-bond donors (Lipinski definition) is 3. The molecule has 5 heteroatoms. The van der Waals surface area contributed by atoms with Crippen LogP contribution in [0.25, 0.3) is 0 Å². The van der Waals surface area contributed by atoms with Crippen molar-refractivity contribution in [2.45, 2.75) is 52.9 Å². The highest BCUT2D eigenvalue weighted by atomic mass is 16.3. The van der Waals surface area contributed by atoms with E-state index in [0.717, 1.165) is 49.0 Å². The first-order chi connectivity index (χ1) is 9.81. The van der Waals surface area contributed by atoms with Crippen LogP contribution >= 0.6 is 0 Å². The van der Waals surface area contributed by atoms with E-state index >= 15 is 0 Å². The maximum Gasteiger partial charge on any atom is 0.138 e. The summed E-state index contributed by atoms with van der Waals surface area (Å²) < 4.78 is 0. The van der Waals surface area contributed by atoms with Gasteiger partial charge in [0, 0.05) is 29.5 Å². The first kappa shape index (κ1) is 16.0. The molecule has 1 aromatic rings. The topological polar surface area (TPSA) is 70.1 Å². The lowest BCUT2D eigenvalue weighted by Crippen LogP contribution is -2.23. The largest absolute Gasteiger partial charge is 0.396 e. The molecule has 5 nitrogen and oxygen atoms in total. The Morgan fingerprint density at radius 2 is 1.71 bits per heavy atom. The molecule has 0 radical (unpaired) electrons. The number of anilines is 2. The summed E-state index contributed by atoms with van der Waals surface area (Å²) in [7, 11) is 0. The molecule has 0 unspecified atom stereocenters. The summed E-state index contributed by atoms with van der Waals surface area (Å²) in [6.45, 7) is 12.3. The summed E-state index contributed by atoms with van der Waals surface area (Å²) in [5.74, 6) is 2.61. The van der Waals surface area contributed by atoms with Gasteiger partial charge in [0.2, 0.25) is 0 Å². The van der Waals surface area contributed by atoms with Crippen LogP contribution in [0.4, 0.5) is 11.6 Å². The van der Waals surface area contributed by atoms with Gasteiger partial charge in [-0.1, -0.05) is 20.8 Å². The molecule has 118 valence electrons.